The lowest BCUT2D eigenvalue weighted by molar-refractivity contribution is -0.136. The third-order valence-corrected chi connectivity index (χ3v) is 4.32. The van der Waals surface area contributed by atoms with E-state index in [9.17, 15) is 4.79 Å². The molecule has 9 heteroatoms. The zero-order valence-electron chi connectivity index (χ0n) is 12.6. The van der Waals surface area contributed by atoms with Gasteiger partial charge < -0.3 is 19.9 Å². The van der Waals surface area contributed by atoms with Crippen LogP contribution in [0, 0.1) is 0 Å². The minimum atomic E-state index is -0.184. The van der Waals surface area contributed by atoms with Gasteiger partial charge in [0.25, 0.3) is 0 Å². The smallest absolute Gasteiger partial charge is 0.242 e. The van der Waals surface area contributed by atoms with E-state index >= 15 is 0 Å². The Morgan fingerprint density at radius 1 is 1.26 bits per heavy atom. The number of piperazine rings is 1. The highest BCUT2D eigenvalue weighted by atomic mass is 79.9. The number of nitrogens with zero attached hydrogens (tertiary/aromatic N) is 3. The van der Waals surface area contributed by atoms with Crippen LogP contribution in [0.25, 0.3) is 0 Å². The van der Waals surface area contributed by atoms with Gasteiger partial charge in [-0.25, -0.2) is 4.98 Å². The van der Waals surface area contributed by atoms with E-state index in [2.05, 4.69) is 31.1 Å². The minimum Gasteiger partial charge on any atom is -0.378 e. The van der Waals surface area contributed by atoms with Gasteiger partial charge in [0.05, 0.1) is 13.2 Å². The molecule has 3 rings (SSSR count). The fraction of sp³-hybridized carbons (Fsp3) is 0.571. The molecule has 0 aromatic carbocycles. The molecule has 0 spiro atoms. The molecule has 1 N–H and O–H groups in total. The summed E-state index contributed by atoms with van der Waals surface area (Å²) in [6, 6.07) is 3.80. The molecule has 0 saturated carbocycles. The summed E-state index contributed by atoms with van der Waals surface area (Å²) in [5, 5.41) is 3.22. The van der Waals surface area contributed by atoms with Crippen molar-refractivity contribution < 1.29 is 9.53 Å². The monoisotopic (exact) mass is 426 g/mol. The van der Waals surface area contributed by atoms with E-state index in [0.717, 1.165) is 43.0 Å². The molecule has 2 aliphatic rings. The van der Waals surface area contributed by atoms with Gasteiger partial charge in [-0.15, -0.1) is 24.8 Å². The third kappa shape index (κ3) is 5.19. The summed E-state index contributed by atoms with van der Waals surface area (Å²) in [6.07, 6.45) is 1.80. The highest BCUT2D eigenvalue weighted by Crippen LogP contribution is 2.17. The molecule has 1 amide bonds. The number of pyridine rings is 1. The van der Waals surface area contributed by atoms with E-state index in [-0.39, 0.29) is 36.8 Å². The zero-order chi connectivity index (χ0) is 14.7. The van der Waals surface area contributed by atoms with Gasteiger partial charge in [-0.3, -0.25) is 4.79 Å². The lowest BCUT2D eigenvalue weighted by Gasteiger charge is -2.37. The SMILES string of the molecule is Cl.Cl.O=C(C1COCCN1)N1CCN(c2ccc(Br)cn2)CC1. The van der Waals surface area contributed by atoms with E-state index in [0.29, 0.717) is 13.2 Å². The number of ether oxygens (including phenoxy) is 1. The number of hydrogen-bond donors (Lipinski definition) is 1. The highest BCUT2D eigenvalue weighted by Gasteiger charge is 2.28. The minimum absolute atomic E-state index is 0. The number of hydrogen-bond acceptors (Lipinski definition) is 5. The van der Waals surface area contributed by atoms with Crippen LogP contribution in [0.5, 0.6) is 0 Å². The molecule has 1 unspecified atom stereocenters. The predicted molar refractivity (Wildman–Crippen MR) is 97.8 cm³/mol. The highest BCUT2D eigenvalue weighted by molar-refractivity contribution is 9.10. The number of aromatic nitrogens is 1. The van der Waals surface area contributed by atoms with Crippen molar-refractivity contribution in [3.8, 4) is 0 Å². The third-order valence-electron chi connectivity index (χ3n) is 3.85. The second kappa shape index (κ2) is 9.64. The fourth-order valence-corrected chi connectivity index (χ4v) is 2.89. The largest absolute Gasteiger partial charge is 0.378 e. The molecule has 130 valence electrons. The Labute approximate surface area is 156 Å². The number of rotatable bonds is 2. The number of carbonyl (C=O) groups is 1. The summed E-state index contributed by atoms with van der Waals surface area (Å²) in [6.45, 7) is 5.00. The van der Waals surface area contributed by atoms with Crippen LogP contribution in [0.15, 0.2) is 22.8 Å². The first-order valence-electron chi connectivity index (χ1n) is 7.20. The molecule has 23 heavy (non-hydrogen) atoms. The summed E-state index contributed by atoms with van der Waals surface area (Å²) in [5.41, 5.74) is 0. The number of halogens is 3. The van der Waals surface area contributed by atoms with Crippen molar-refractivity contribution in [2.24, 2.45) is 0 Å². The van der Waals surface area contributed by atoms with Crippen LogP contribution in [0.1, 0.15) is 0 Å². The predicted octanol–water partition coefficient (Wildman–Crippen LogP) is 1.32. The summed E-state index contributed by atoms with van der Waals surface area (Å²) in [7, 11) is 0. The van der Waals surface area contributed by atoms with Gasteiger partial charge in [0.2, 0.25) is 5.91 Å². The number of nitrogens with one attached hydrogen (secondary N) is 1. The van der Waals surface area contributed by atoms with E-state index in [1.54, 1.807) is 6.20 Å². The summed E-state index contributed by atoms with van der Waals surface area (Å²) in [4.78, 5) is 20.9. The molecule has 1 aromatic rings. The van der Waals surface area contributed by atoms with Gasteiger partial charge in [0.1, 0.15) is 11.9 Å². The Hall–Kier alpha value is -0.600. The first-order chi connectivity index (χ1) is 10.2. The quantitative estimate of drug-likeness (QED) is 0.771. The summed E-state index contributed by atoms with van der Waals surface area (Å²) >= 11 is 3.39. The summed E-state index contributed by atoms with van der Waals surface area (Å²) in [5.74, 6) is 1.11. The molecule has 2 fully saturated rings. The van der Waals surface area contributed by atoms with Gasteiger partial charge >= 0.3 is 0 Å². The lowest BCUT2D eigenvalue weighted by Crippen LogP contribution is -2.57. The second-order valence-corrected chi connectivity index (χ2v) is 6.14. The van der Waals surface area contributed by atoms with E-state index in [1.165, 1.54) is 0 Å². The molecule has 0 aliphatic carbocycles. The van der Waals surface area contributed by atoms with Gasteiger partial charge in [0, 0.05) is 43.4 Å². The zero-order valence-corrected chi connectivity index (χ0v) is 15.8. The molecule has 2 aliphatic heterocycles. The van der Waals surface area contributed by atoms with Crippen LogP contribution in [0.3, 0.4) is 0 Å². The molecular formula is C14H21BrCl2N4O2. The Bertz CT molecular complexity index is 492. The van der Waals surface area contributed by atoms with Gasteiger partial charge in [-0.1, -0.05) is 0 Å². The number of amides is 1. The van der Waals surface area contributed by atoms with Crippen molar-refractivity contribution in [2.45, 2.75) is 6.04 Å². The van der Waals surface area contributed by atoms with Gasteiger partial charge in [0.15, 0.2) is 0 Å². The number of morpholine rings is 1. The average molecular weight is 428 g/mol. The van der Waals surface area contributed by atoms with Gasteiger partial charge in [-0.05, 0) is 28.1 Å². The van der Waals surface area contributed by atoms with Gasteiger partial charge in [-0.2, -0.15) is 0 Å². The molecule has 1 aromatic heterocycles. The maximum atomic E-state index is 12.4. The lowest BCUT2D eigenvalue weighted by atomic mass is 10.2. The fourth-order valence-electron chi connectivity index (χ4n) is 2.66. The van der Waals surface area contributed by atoms with E-state index < -0.39 is 0 Å². The Kier molecular flexibility index (Phi) is 8.57. The van der Waals surface area contributed by atoms with E-state index in [1.807, 2.05) is 17.0 Å². The van der Waals surface area contributed by atoms with Crippen molar-refractivity contribution >= 4 is 52.5 Å². The first kappa shape index (κ1) is 20.4. The van der Waals surface area contributed by atoms with E-state index in [4.69, 9.17) is 4.74 Å². The number of anilines is 1. The summed E-state index contributed by atoms with van der Waals surface area (Å²) < 4.78 is 6.34. The van der Waals surface area contributed by atoms with Crippen LogP contribution >= 0.6 is 40.7 Å². The molecule has 2 saturated heterocycles. The Balaban J connectivity index is 0.00000132. The Morgan fingerprint density at radius 3 is 2.57 bits per heavy atom. The molecular weight excluding hydrogens is 407 g/mol. The average Bonchev–Trinajstić information content (AvgIpc) is 2.56. The van der Waals surface area contributed by atoms with Crippen molar-refractivity contribution in [3.05, 3.63) is 22.8 Å². The maximum absolute atomic E-state index is 12.4. The molecule has 0 bridgehead atoms. The standard InChI is InChI=1S/C14H19BrN4O2.2ClH/c15-11-1-2-13(17-9-11)18-4-6-19(7-5-18)14(20)12-10-21-8-3-16-12;;/h1-2,9,12,16H,3-8,10H2;2*1H. The van der Waals surface area contributed by atoms with Crippen LogP contribution < -0.4 is 10.2 Å². The molecule has 1 atom stereocenters. The van der Waals surface area contributed by atoms with Crippen molar-refractivity contribution in [3.63, 3.8) is 0 Å². The first-order valence-corrected chi connectivity index (χ1v) is 8.00. The normalized spacial score (nSPS) is 21.2. The van der Waals surface area contributed by atoms with Crippen molar-refractivity contribution in [1.82, 2.24) is 15.2 Å². The molecule has 0 radical (unpaired) electrons. The van der Waals surface area contributed by atoms with Crippen LogP contribution in [0.2, 0.25) is 0 Å². The van der Waals surface area contributed by atoms with Crippen LogP contribution in [-0.2, 0) is 9.53 Å². The Morgan fingerprint density at radius 2 is 2.00 bits per heavy atom. The number of carbonyl (C=O) groups excluding carboxylic acids is 1. The van der Waals surface area contributed by atoms with Crippen molar-refractivity contribution in [2.75, 3.05) is 50.8 Å². The maximum Gasteiger partial charge on any atom is 0.242 e. The topological polar surface area (TPSA) is 57.7 Å². The van der Waals surface area contributed by atoms with Crippen molar-refractivity contribution in [1.29, 1.82) is 0 Å². The molecule has 3 heterocycles. The second-order valence-electron chi connectivity index (χ2n) is 5.23. The van der Waals surface area contributed by atoms with Crippen LogP contribution in [0.4, 0.5) is 5.82 Å². The van der Waals surface area contributed by atoms with Crippen LogP contribution in [-0.4, -0.2) is 67.8 Å². The molecule has 6 nitrogen and oxygen atoms in total.